The maximum Gasteiger partial charge on any atom is 0.573 e. The number of rotatable bonds is 2. The van der Waals surface area contributed by atoms with Crippen LogP contribution in [-0.4, -0.2) is 13.2 Å². The van der Waals surface area contributed by atoms with Crippen molar-refractivity contribution in [3.8, 4) is 5.75 Å². The molecule has 0 saturated carbocycles. The van der Waals surface area contributed by atoms with Gasteiger partial charge in [-0.15, -0.1) is 13.2 Å². The third-order valence-electron chi connectivity index (χ3n) is 3.18. The Labute approximate surface area is 147 Å². The first-order valence-corrected chi connectivity index (χ1v) is 7.55. The lowest BCUT2D eigenvalue weighted by molar-refractivity contribution is -0.274. The number of benzene rings is 2. The SMILES string of the molecule is C=Cc1ccc2c(c1)c(=O)oc1cc(OC(F)(F)F)ccc12.C=O.CC. The van der Waals surface area contributed by atoms with Gasteiger partial charge in [-0.3, -0.25) is 0 Å². The molecule has 0 unspecified atom stereocenters. The molecule has 0 aliphatic heterocycles. The molecule has 0 amide bonds. The second-order valence-electron chi connectivity index (χ2n) is 4.60. The molecule has 138 valence electrons. The second-order valence-corrected chi connectivity index (χ2v) is 4.60. The van der Waals surface area contributed by atoms with Crippen molar-refractivity contribution in [2.45, 2.75) is 20.2 Å². The number of halogens is 3. The smallest absolute Gasteiger partial charge is 0.422 e. The Bertz CT molecular complexity index is 959. The molecular formula is C19H17F3O4. The van der Waals surface area contributed by atoms with Crippen molar-refractivity contribution in [3.05, 3.63) is 59.0 Å². The van der Waals surface area contributed by atoms with Crippen LogP contribution in [-0.2, 0) is 4.79 Å². The molecule has 0 N–H and O–H groups in total. The zero-order valence-corrected chi connectivity index (χ0v) is 14.2. The summed E-state index contributed by atoms with van der Waals surface area (Å²) < 4.78 is 45.6. The van der Waals surface area contributed by atoms with Gasteiger partial charge in [0.05, 0.1) is 5.39 Å². The second kappa shape index (κ2) is 8.84. The zero-order valence-electron chi connectivity index (χ0n) is 14.2. The first kappa shape index (κ1) is 21.0. The van der Waals surface area contributed by atoms with Crippen LogP contribution < -0.4 is 10.4 Å². The highest BCUT2D eigenvalue weighted by Crippen LogP contribution is 2.29. The minimum atomic E-state index is -4.80. The molecule has 3 rings (SSSR count). The lowest BCUT2D eigenvalue weighted by atomic mass is 10.0. The first-order valence-electron chi connectivity index (χ1n) is 7.55. The molecule has 1 heterocycles. The maximum atomic E-state index is 12.2. The molecule has 0 bridgehead atoms. The van der Waals surface area contributed by atoms with Crippen molar-refractivity contribution in [3.63, 3.8) is 0 Å². The molecule has 2 aromatic carbocycles. The molecule has 1 aromatic heterocycles. The van der Waals surface area contributed by atoms with Gasteiger partial charge < -0.3 is 13.9 Å². The molecule has 0 fully saturated rings. The fourth-order valence-corrected chi connectivity index (χ4v) is 2.25. The summed E-state index contributed by atoms with van der Waals surface area (Å²) in [7, 11) is 0. The summed E-state index contributed by atoms with van der Waals surface area (Å²) in [6, 6.07) is 8.73. The number of alkyl halides is 3. The normalized spacial score (nSPS) is 10.3. The minimum Gasteiger partial charge on any atom is -0.422 e. The summed E-state index contributed by atoms with van der Waals surface area (Å²) in [6.07, 6.45) is -3.22. The predicted molar refractivity (Wildman–Crippen MR) is 95.2 cm³/mol. The fraction of sp³-hybridized carbons (Fsp3) is 0.158. The molecule has 0 aliphatic carbocycles. The molecule has 4 nitrogen and oxygen atoms in total. The Kier molecular flexibility index (Phi) is 7.13. The Hall–Kier alpha value is -3.09. The summed E-state index contributed by atoms with van der Waals surface area (Å²) in [4.78, 5) is 20.0. The predicted octanol–water partition coefficient (Wildman–Crippen LogP) is 5.33. The van der Waals surface area contributed by atoms with Crippen LogP contribution in [0.4, 0.5) is 13.2 Å². The molecule has 0 saturated heterocycles. The van der Waals surface area contributed by atoms with Gasteiger partial charge in [-0.2, -0.15) is 0 Å². The molecule has 0 aliphatic rings. The number of fused-ring (bicyclic) bond motifs is 3. The summed E-state index contributed by atoms with van der Waals surface area (Å²) in [5.74, 6) is -0.440. The van der Waals surface area contributed by atoms with Crippen LogP contribution in [0.1, 0.15) is 19.4 Å². The standard InChI is InChI=1S/C16H9F3O3.C2H6.CH2O/c1-2-9-3-5-11-12-6-4-10(22-16(17,18)19)8-14(12)21-15(20)13(11)7-9;2*1-2/h2-8H,1H2;1-2H3;1H2. The van der Waals surface area contributed by atoms with E-state index in [1.807, 2.05) is 20.6 Å². The molecule has 7 heteroatoms. The van der Waals surface area contributed by atoms with Gasteiger partial charge in [0.2, 0.25) is 0 Å². The number of carbonyl (C=O) groups excluding carboxylic acids is 1. The van der Waals surface area contributed by atoms with Crippen molar-refractivity contribution in [2.75, 3.05) is 0 Å². The maximum absolute atomic E-state index is 12.2. The minimum absolute atomic E-state index is 0.0330. The summed E-state index contributed by atoms with van der Waals surface area (Å²) >= 11 is 0. The quantitative estimate of drug-likeness (QED) is 0.454. The van der Waals surface area contributed by atoms with E-state index in [1.54, 1.807) is 24.3 Å². The fourth-order valence-electron chi connectivity index (χ4n) is 2.25. The van der Waals surface area contributed by atoms with Crippen LogP contribution in [0.3, 0.4) is 0 Å². The average molecular weight is 366 g/mol. The van der Waals surface area contributed by atoms with Gasteiger partial charge in [-0.05, 0) is 29.1 Å². The Balaban J connectivity index is 0.000000791. The lowest BCUT2D eigenvalue weighted by Gasteiger charge is -2.09. The van der Waals surface area contributed by atoms with Crippen LogP contribution in [0, 0.1) is 0 Å². The van der Waals surface area contributed by atoms with E-state index < -0.39 is 17.7 Å². The van der Waals surface area contributed by atoms with Crippen LogP contribution >= 0.6 is 0 Å². The van der Waals surface area contributed by atoms with Gasteiger partial charge in [0.1, 0.15) is 18.1 Å². The Morgan fingerprint density at radius 2 is 1.62 bits per heavy atom. The van der Waals surface area contributed by atoms with Crippen LogP contribution in [0.15, 0.2) is 52.2 Å². The van der Waals surface area contributed by atoms with Gasteiger partial charge in [-0.1, -0.05) is 38.6 Å². The van der Waals surface area contributed by atoms with E-state index in [0.29, 0.717) is 16.2 Å². The van der Waals surface area contributed by atoms with E-state index in [9.17, 15) is 18.0 Å². The number of carbonyl (C=O) groups is 1. The van der Waals surface area contributed by atoms with Crippen molar-refractivity contribution in [2.24, 2.45) is 0 Å². The van der Waals surface area contributed by atoms with Crippen molar-refractivity contribution in [1.29, 1.82) is 0 Å². The van der Waals surface area contributed by atoms with Crippen molar-refractivity contribution < 1.29 is 27.1 Å². The Morgan fingerprint density at radius 1 is 1.00 bits per heavy atom. The zero-order chi connectivity index (χ0) is 19.9. The van der Waals surface area contributed by atoms with Crippen LogP contribution in [0.5, 0.6) is 5.75 Å². The van der Waals surface area contributed by atoms with E-state index in [0.717, 1.165) is 11.6 Å². The average Bonchev–Trinajstić information content (AvgIpc) is 2.63. The molecule has 0 radical (unpaired) electrons. The molecular weight excluding hydrogens is 349 g/mol. The van der Waals surface area contributed by atoms with E-state index in [1.165, 1.54) is 12.1 Å². The molecule has 0 atom stereocenters. The van der Waals surface area contributed by atoms with Gasteiger partial charge in [0.15, 0.2) is 0 Å². The topological polar surface area (TPSA) is 56.5 Å². The van der Waals surface area contributed by atoms with Crippen molar-refractivity contribution in [1.82, 2.24) is 0 Å². The van der Waals surface area contributed by atoms with E-state index >= 15 is 0 Å². The van der Waals surface area contributed by atoms with E-state index in [4.69, 9.17) is 9.21 Å². The first-order chi connectivity index (χ1) is 12.4. The van der Waals surface area contributed by atoms with Crippen LogP contribution in [0.25, 0.3) is 27.8 Å². The van der Waals surface area contributed by atoms with Gasteiger partial charge >= 0.3 is 12.0 Å². The largest absolute Gasteiger partial charge is 0.573 e. The summed E-state index contributed by atoms with van der Waals surface area (Å²) in [6.45, 7) is 9.62. The number of ether oxygens (including phenoxy) is 1. The van der Waals surface area contributed by atoms with E-state index in [-0.39, 0.29) is 5.58 Å². The summed E-state index contributed by atoms with van der Waals surface area (Å²) in [5.41, 5.74) is 0.150. The third kappa shape index (κ3) is 4.72. The van der Waals surface area contributed by atoms with E-state index in [2.05, 4.69) is 11.3 Å². The van der Waals surface area contributed by atoms with Crippen molar-refractivity contribution >= 4 is 34.6 Å². The monoisotopic (exact) mass is 366 g/mol. The molecule has 0 spiro atoms. The lowest BCUT2D eigenvalue weighted by Crippen LogP contribution is -2.17. The summed E-state index contributed by atoms with van der Waals surface area (Å²) in [5, 5.41) is 1.46. The number of hydrogen-bond donors (Lipinski definition) is 0. The highest BCUT2D eigenvalue weighted by Gasteiger charge is 2.31. The van der Waals surface area contributed by atoms with Gasteiger partial charge in [-0.25, -0.2) is 4.79 Å². The Morgan fingerprint density at radius 3 is 2.19 bits per heavy atom. The molecule has 26 heavy (non-hydrogen) atoms. The molecule has 3 aromatic rings. The van der Waals surface area contributed by atoms with Gasteiger partial charge in [0.25, 0.3) is 0 Å². The number of hydrogen-bond acceptors (Lipinski definition) is 4. The highest BCUT2D eigenvalue weighted by atomic mass is 19.4. The van der Waals surface area contributed by atoms with Crippen LogP contribution in [0.2, 0.25) is 0 Å². The highest BCUT2D eigenvalue weighted by molar-refractivity contribution is 6.05. The third-order valence-corrected chi connectivity index (χ3v) is 3.18. The van der Waals surface area contributed by atoms with Gasteiger partial charge in [0, 0.05) is 11.5 Å².